The molecule has 0 radical (unpaired) electrons. The van der Waals surface area contributed by atoms with Crippen molar-refractivity contribution in [2.45, 2.75) is 13.3 Å². The molecule has 0 saturated heterocycles. The van der Waals surface area contributed by atoms with Crippen LogP contribution in [0.4, 0.5) is 4.39 Å². The number of nitrogens with zero attached hydrogens (tertiary/aromatic N) is 4. The molecular weight excluding hydrogens is 213 g/mol. The van der Waals surface area contributed by atoms with Crippen molar-refractivity contribution in [3.05, 3.63) is 17.2 Å². The summed E-state index contributed by atoms with van der Waals surface area (Å²) in [6, 6.07) is 1.67. The second-order valence-electron chi connectivity index (χ2n) is 3.04. The van der Waals surface area contributed by atoms with E-state index < -0.39 is 11.9 Å². The maximum Gasteiger partial charge on any atom is 0.254 e. The molecule has 0 fully saturated rings. The third-order valence-corrected chi connectivity index (χ3v) is 1.82. The molecule has 0 aliphatic rings. The van der Waals surface area contributed by atoms with Gasteiger partial charge in [-0.05, 0) is 6.92 Å². The quantitative estimate of drug-likeness (QED) is 0.588. The van der Waals surface area contributed by atoms with Gasteiger partial charge in [-0.1, -0.05) is 0 Å². The number of hydrazone groups is 1. The summed E-state index contributed by atoms with van der Waals surface area (Å²) in [6.07, 6.45) is 0.874. The average Bonchev–Trinajstić information content (AvgIpc) is 2.45. The molecule has 1 rings (SSSR count). The second-order valence-corrected chi connectivity index (χ2v) is 3.04. The van der Waals surface area contributed by atoms with Crippen molar-refractivity contribution in [3.63, 3.8) is 0 Å². The van der Waals surface area contributed by atoms with E-state index in [1.54, 1.807) is 13.0 Å². The summed E-state index contributed by atoms with van der Waals surface area (Å²) in [7, 11) is 1.47. The summed E-state index contributed by atoms with van der Waals surface area (Å²) in [5, 5.41) is 15.6. The van der Waals surface area contributed by atoms with Gasteiger partial charge in [0.2, 0.25) is 5.95 Å². The minimum Gasteiger partial charge on any atom is -0.272 e. The van der Waals surface area contributed by atoms with Gasteiger partial charge in [0.15, 0.2) is 0 Å². The molecule has 0 spiro atoms. The molecule has 0 aliphatic carbocycles. The fraction of sp³-hybridized carbons (Fsp3) is 0.333. The highest BCUT2D eigenvalue weighted by Crippen LogP contribution is 2.07. The highest BCUT2D eigenvalue weighted by atomic mass is 19.1. The zero-order chi connectivity index (χ0) is 12.1. The molecule has 16 heavy (non-hydrogen) atoms. The largest absolute Gasteiger partial charge is 0.272 e. The first-order chi connectivity index (χ1) is 7.56. The van der Waals surface area contributed by atoms with E-state index in [0.717, 1.165) is 10.9 Å². The number of carbonyl (C=O) groups is 1. The van der Waals surface area contributed by atoms with Crippen LogP contribution >= 0.6 is 0 Å². The van der Waals surface area contributed by atoms with Gasteiger partial charge in [0.25, 0.3) is 5.91 Å². The van der Waals surface area contributed by atoms with E-state index in [9.17, 15) is 9.18 Å². The molecule has 1 aromatic rings. The van der Waals surface area contributed by atoms with Crippen LogP contribution in [0.3, 0.4) is 0 Å². The molecule has 0 aromatic carbocycles. The van der Waals surface area contributed by atoms with Gasteiger partial charge < -0.3 is 0 Å². The molecule has 0 aliphatic heterocycles. The van der Waals surface area contributed by atoms with E-state index in [4.69, 9.17) is 5.26 Å². The Labute approximate surface area is 91.4 Å². The SMILES string of the molecule is Cc1nn(C)c(F)c1/C=N/NC(=O)CC#N. The van der Waals surface area contributed by atoms with Gasteiger partial charge in [-0.2, -0.15) is 19.9 Å². The van der Waals surface area contributed by atoms with E-state index in [2.05, 4.69) is 15.6 Å². The van der Waals surface area contributed by atoms with Crippen molar-refractivity contribution in [3.8, 4) is 6.07 Å². The van der Waals surface area contributed by atoms with Crippen LogP contribution in [0.1, 0.15) is 17.7 Å². The Balaban J connectivity index is 2.70. The number of halogens is 1. The van der Waals surface area contributed by atoms with Crippen LogP contribution < -0.4 is 5.43 Å². The summed E-state index contributed by atoms with van der Waals surface area (Å²) in [6.45, 7) is 1.63. The van der Waals surface area contributed by atoms with Crippen molar-refractivity contribution >= 4 is 12.1 Å². The van der Waals surface area contributed by atoms with Gasteiger partial charge in [0.1, 0.15) is 6.42 Å². The Morgan fingerprint density at radius 2 is 2.50 bits per heavy atom. The molecule has 7 heteroatoms. The maximum absolute atomic E-state index is 13.3. The van der Waals surface area contributed by atoms with Crippen LogP contribution in [-0.4, -0.2) is 21.9 Å². The fourth-order valence-electron chi connectivity index (χ4n) is 1.07. The van der Waals surface area contributed by atoms with Crippen LogP contribution in [0.15, 0.2) is 5.10 Å². The summed E-state index contributed by atoms with van der Waals surface area (Å²) < 4.78 is 14.4. The van der Waals surface area contributed by atoms with E-state index in [1.165, 1.54) is 7.05 Å². The number of nitriles is 1. The molecule has 1 aromatic heterocycles. The predicted octanol–water partition coefficient (Wildman–Crippen LogP) is 0.231. The third-order valence-electron chi connectivity index (χ3n) is 1.82. The van der Waals surface area contributed by atoms with E-state index >= 15 is 0 Å². The number of carbonyl (C=O) groups excluding carboxylic acids is 1. The van der Waals surface area contributed by atoms with Crippen molar-refractivity contribution in [1.82, 2.24) is 15.2 Å². The molecule has 0 bridgehead atoms. The number of nitrogens with one attached hydrogen (secondary N) is 1. The highest BCUT2D eigenvalue weighted by molar-refractivity contribution is 5.83. The number of aryl methyl sites for hydroxylation is 2. The number of aromatic nitrogens is 2. The molecule has 0 unspecified atom stereocenters. The van der Waals surface area contributed by atoms with Crippen molar-refractivity contribution in [1.29, 1.82) is 5.26 Å². The smallest absolute Gasteiger partial charge is 0.254 e. The van der Waals surface area contributed by atoms with E-state index in [0.29, 0.717) is 5.69 Å². The van der Waals surface area contributed by atoms with Gasteiger partial charge in [0, 0.05) is 7.05 Å². The lowest BCUT2D eigenvalue weighted by Gasteiger charge is -1.93. The Bertz CT molecular complexity index is 471. The van der Waals surface area contributed by atoms with Gasteiger partial charge in [-0.3, -0.25) is 4.79 Å². The van der Waals surface area contributed by atoms with Crippen LogP contribution in [0.25, 0.3) is 0 Å². The lowest BCUT2D eigenvalue weighted by molar-refractivity contribution is -0.120. The highest BCUT2D eigenvalue weighted by Gasteiger charge is 2.10. The Kier molecular flexibility index (Phi) is 3.72. The average molecular weight is 223 g/mol. The third kappa shape index (κ3) is 2.63. The van der Waals surface area contributed by atoms with Crippen LogP contribution in [0, 0.1) is 24.2 Å². The number of rotatable bonds is 3. The Morgan fingerprint density at radius 1 is 1.81 bits per heavy atom. The molecule has 1 amide bonds. The van der Waals surface area contributed by atoms with Gasteiger partial charge >= 0.3 is 0 Å². The topological polar surface area (TPSA) is 83.1 Å². The fourth-order valence-corrected chi connectivity index (χ4v) is 1.07. The monoisotopic (exact) mass is 223 g/mol. The lowest BCUT2D eigenvalue weighted by Crippen LogP contribution is -2.16. The van der Waals surface area contributed by atoms with Crippen LogP contribution in [0.2, 0.25) is 0 Å². The second kappa shape index (κ2) is 5.02. The number of amides is 1. The summed E-state index contributed by atoms with van der Waals surface area (Å²) >= 11 is 0. The standard InChI is InChI=1S/C9H10FN5O/c1-6-7(9(10)15(2)14-6)5-12-13-8(16)3-4-11/h5H,3H2,1-2H3,(H,13,16)/b12-5+. The number of hydrogen-bond acceptors (Lipinski definition) is 4. The Hall–Kier alpha value is -2.23. The number of hydrogen-bond donors (Lipinski definition) is 1. The van der Waals surface area contributed by atoms with Crippen molar-refractivity contribution in [2.24, 2.45) is 12.1 Å². The van der Waals surface area contributed by atoms with E-state index in [-0.39, 0.29) is 12.0 Å². The molecule has 0 atom stereocenters. The molecule has 1 heterocycles. The van der Waals surface area contributed by atoms with Gasteiger partial charge in [-0.15, -0.1) is 0 Å². The molecule has 84 valence electrons. The van der Waals surface area contributed by atoms with Crippen LogP contribution in [0.5, 0.6) is 0 Å². The predicted molar refractivity (Wildman–Crippen MR) is 53.9 cm³/mol. The van der Waals surface area contributed by atoms with Gasteiger partial charge in [0.05, 0.1) is 23.5 Å². The minimum atomic E-state index is -0.541. The van der Waals surface area contributed by atoms with Crippen LogP contribution in [-0.2, 0) is 11.8 Å². The zero-order valence-corrected chi connectivity index (χ0v) is 8.86. The maximum atomic E-state index is 13.3. The zero-order valence-electron chi connectivity index (χ0n) is 8.86. The van der Waals surface area contributed by atoms with Crippen molar-refractivity contribution < 1.29 is 9.18 Å². The first kappa shape index (κ1) is 11.8. The van der Waals surface area contributed by atoms with Crippen molar-refractivity contribution in [2.75, 3.05) is 0 Å². The molecule has 6 nitrogen and oxygen atoms in total. The molecule has 1 N–H and O–H groups in total. The molecular formula is C9H10FN5O. The first-order valence-corrected chi connectivity index (χ1v) is 4.44. The first-order valence-electron chi connectivity index (χ1n) is 4.44. The van der Waals surface area contributed by atoms with E-state index in [1.807, 2.05) is 0 Å². The lowest BCUT2D eigenvalue weighted by atomic mass is 10.3. The Morgan fingerprint density at radius 3 is 3.00 bits per heavy atom. The summed E-state index contributed by atoms with van der Waals surface area (Å²) in [5.74, 6) is -1.07. The summed E-state index contributed by atoms with van der Waals surface area (Å²) in [5.41, 5.74) is 2.78. The molecule has 0 saturated carbocycles. The summed E-state index contributed by atoms with van der Waals surface area (Å²) in [4.78, 5) is 10.8. The van der Waals surface area contributed by atoms with Gasteiger partial charge in [-0.25, -0.2) is 10.1 Å². The minimum absolute atomic E-state index is 0.208. The normalized spacial score (nSPS) is 10.4.